The highest BCUT2D eigenvalue weighted by Crippen LogP contribution is 2.13. The Kier molecular flexibility index (Phi) is 8.70. The molecule has 0 aromatic heterocycles. The number of hydrogen-bond donors (Lipinski definition) is 0. The van der Waals surface area contributed by atoms with E-state index >= 15 is 0 Å². The Bertz CT molecular complexity index is 186. The largest absolute Gasteiger partial charge is 0.301 e. The molecule has 1 unspecified atom stereocenters. The molecule has 1 fully saturated rings. The minimum absolute atomic E-state index is 0.800. The van der Waals surface area contributed by atoms with Crippen molar-refractivity contribution >= 4 is 0 Å². The molecule has 1 heterocycles. The van der Waals surface area contributed by atoms with Crippen molar-refractivity contribution in [1.82, 2.24) is 9.80 Å². The average Bonchev–Trinajstić information content (AvgIpc) is 2.40. The predicted molar refractivity (Wildman–Crippen MR) is 81.1 cm³/mol. The second-order valence-corrected chi connectivity index (χ2v) is 5.93. The molecule has 18 heavy (non-hydrogen) atoms. The van der Waals surface area contributed by atoms with Gasteiger partial charge in [-0.3, -0.25) is 4.90 Å². The van der Waals surface area contributed by atoms with E-state index in [0.717, 1.165) is 6.04 Å². The molecule has 0 radical (unpaired) electrons. The van der Waals surface area contributed by atoms with Crippen LogP contribution in [0.2, 0.25) is 0 Å². The van der Waals surface area contributed by atoms with Crippen LogP contribution in [0, 0.1) is 0 Å². The van der Waals surface area contributed by atoms with Crippen LogP contribution >= 0.6 is 0 Å². The Labute approximate surface area is 115 Å². The molecule has 0 N–H and O–H groups in total. The van der Waals surface area contributed by atoms with E-state index in [-0.39, 0.29) is 0 Å². The number of hydrogen-bond acceptors (Lipinski definition) is 2. The van der Waals surface area contributed by atoms with Crippen LogP contribution in [0.4, 0.5) is 0 Å². The van der Waals surface area contributed by atoms with Crippen LogP contribution in [-0.4, -0.2) is 48.6 Å². The van der Waals surface area contributed by atoms with Crippen molar-refractivity contribution in [3.05, 3.63) is 0 Å². The minimum Gasteiger partial charge on any atom is -0.301 e. The van der Waals surface area contributed by atoms with Crippen LogP contribution < -0.4 is 0 Å². The van der Waals surface area contributed by atoms with E-state index in [4.69, 9.17) is 0 Å². The molecule has 0 spiro atoms. The zero-order chi connectivity index (χ0) is 13.2. The number of rotatable bonds is 9. The van der Waals surface area contributed by atoms with E-state index in [1.54, 1.807) is 0 Å². The molecule has 0 aliphatic carbocycles. The summed E-state index contributed by atoms with van der Waals surface area (Å²) >= 11 is 0. The van der Waals surface area contributed by atoms with Crippen LogP contribution in [0.15, 0.2) is 0 Å². The Morgan fingerprint density at radius 1 is 0.833 bits per heavy atom. The first-order valence-electron chi connectivity index (χ1n) is 8.24. The number of nitrogens with zero attached hydrogens (tertiary/aromatic N) is 2. The molecule has 0 aromatic carbocycles. The summed E-state index contributed by atoms with van der Waals surface area (Å²) in [5, 5.41) is 0. The van der Waals surface area contributed by atoms with Gasteiger partial charge in [0.1, 0.15) is 0 Å². The Morgan fingerprint density at radius 3 is 2.06 bits per heavy atom. The lowest BCUT2D eigenvalue weighted by Crippen LogP contribution is -2.49. The topological polar surface area (TPSA) is 6.48 Å². The normalized spacial score (nSPS) is 20.2. The van der Waals surface area contributed by atoms with E-state index in [1.807, 2.05) is 0 Å². The smallest absolute Gasteiger partial charge is 0.0113 e. The lowest BCUT2D eigenvalue weighted by atomic mass is 10.1. The third-order valence-electron chi connectivity index (χ3n) is 4.33. The van der Waals surface area contributed by atoms with Crippen LogP contribution in [0.5, 0.6) is 0 Å². The summed E-state index contributed by atoms with van der Waals surface area (Å²) in [5.74, 6) is 0. The molecule has 0 saturated carbocycles. The summed E-state index contributed by atoms with van der Waals surface area (Å²) in [4.78, 5) is 5.36. The van der Waals surface area contributed by atoms with Crippen molar-refractivity contribution in [3.63, 3.8) is 0 Å². The second-order valence-electron chi connectivity index (χ2n) is 5.93. The third-order valence-corrected chi connectivity index (χ3v) is 4.33. The summed E-state index contributed by atoms with van der Waals surface area (Å²) in [6.07, 6.45) is 9.68. The predicted octanol–water partition coefficient (Wildman–Crippen LogP) is 3.76. The zero-order valence-electron chi connectivity index (χ0n) is 13.0. The molecule has 1 rings (SSSR count). The molecule has 2 heteroatoms. The van der Waals surface area contributed by atoms with Gasteiger partial charge < -0.3 is 4.90 Å². The fourth-order valence-corrected chi connectivity index (χ4v) is 2.89. The summed E-state index contributed by atoms with van der Waals surface area (Å²) in [6.45, 7) is 13.5. The van der Waals surface area contributed by atoms with Crippen molar-refractivity contribution < 1.29 is 0 Å². The monoisotopic (exact) mass is 254 g/mol. The summed E-state index contributed by atoms with van der Waals surface area (Å²) < 4.78 is 0. The molecule has 0 amide bonds. The summed E-state index contributed by atoms with van der Waals surface area (Å²) in [6, 6.07) is 0.800. The Hall–Kier alpha value is -0.0800. The fourth-order valence-electron chi connectivity index (χ4n) is 2.89. The molecule has 1 aliphatic rings. The van der Waals surface area contributed by atoms with Crippen LogP contribution in [0.3, 0.4) is 0 Å². The minimum atomic E-state index is 0.800. The highest BCUT2D eigenvalue weighted by molar-refractivity contribution is 4.76. The lowest BCUT2D eigenvalue weighted by molar-refractivity contribution is 0.0966. The van der Waals surface area contributed by atoms with Gasteiger partial charge in [-0.1, -0.05) is 46.0 Å². The number of piperazine rings is 1. The number of unbranched alkanes of at least 4 members (excludes halogenated alkanes) is 4. The van der Waals surface area contributed by atoms with Crippen molar-refractivity contribution in [2.75, 3.05) is 32.7 Å². The van der Waals surface area contributed by atoms with Crippen LogP contribution in [0.1, 0.15) is 65.7 Å². The van der Waals surface area contributed by atoms with E-state index < -0.39 is 0 Å². The average molecular weight is 254 g/mol. The van der Waals surface area contributed by atoms with Gasteiger partial charge in [0.25, 0.3) is 0 Å². The van der Waals surface area contributed by atoms with Gasteiger partial charge >= 0.3 is 0 Å². The highest BCUT2D eigenvalue weighted by atomic mass is 15.3. The maximum Gasteiger partial charge on any atom is 0.0113 e. The van der Waals surface area contributed by atoms with Gasteiger partial charge in [-0.25, -0.2) is 0 Å². The molecule has 1 aliphatic heterocycles. The first kappa shape index (κ1) is 16.0. The first-order valence-corrected chi connectivity index (χ1v) is 8.24. The fraction of sp³-hybridized carbons (Fsp3) is 1.00. The maximum absolute atomic E-state index is 2.70. The highest BCUT2D eigenvalue weighted by Gasteiger charge is 2.20. The third kappa shape index (κ3) is 6.19. The molecular formula is C16H34N2. The van der Waals surface area contributed by atoms with Gasteiger partial charge in [-0.05, 0) is 26.3 Å². The maximum atomic E-state index is 2.70. The van der Waals surface area contributed by atoms with Crippen LogP contribution in [-0.2, 0) is 0 Å². The van der Waals surface area contributed by atoms with E-state index in [2.05, 4.69) is 30.6 Å². The van der Waals surface area contributed by atoms with Gasteiger partial charge in [0, 0.05) is 32.2 Å². The molecular weight excluding hydrogens is 220 g/mol. The second kappa shape index (κ2) is 9.80. The summed E-state index contributed by atoms with van der Waals surface area (Å²) in [7, 11) is 0. The van der Waals surface area contributed by atoms with E-state index in [9.17, 15) is 0 Å². The molecule has 0 aromatic rings. The molecule has 1 atom stereocenters. The van der Waals surface area contributed by atoms with Crippen LogP contribution in [0.25, 0.3) is 0 Å². The Morgan fingerprint density at radius 2 is 1.44 bits per heavy atom. The van der Waals surface area contributed by atoms with Gasteiger partial charge in [0.2, 0.25) is 0 Å². The van der Waals surface area contributed by atoms with E-state index in [0.29, 0.717) is 0 Å². The quantitative estimate of drug-likeness (QED) is 0.578. The Balaban J connectivity index is 2.10. The molecule has 2 nitrogen and oxygen atoms in total. The first-order chi connectivity index (χ1) is 8.77. The molecule has 1 saturated heterocycles. The van der Waals surface area contributed by atoms with Gasteiger partial charge in [-0.2, -0.15) is 0 Å². The molecule has 0 bridgehead atoms. The van der Waals surface area contributed by atoms with Crippen molar-refractivity contribution in [2.45, 2.75) is 71.8 Å². The van der Waals surface area contributed by atoms with E-state index in [1.165, 1.54) is 77.7 Å². The van der Waals surface area contributed by atoms with Gasteiger partial charge in [-0.15, -0.1) is 0 Å². The zero-order valence-corrected chi connectivity index (χ0v) is 13.0. The van der Waals surface area contributed by atoms with Gasteiger partial charge in [0.05, 0.1) is 0 Å². The SMILES string of the molecule is CCCCCC(C)N1CCN(CCCCC)CC1. The molecule has 108 valence electrons. The van der Waals surface area contributed by atoms with Crippen molar-refractivity contribution in [1.29, 1.82) is 0 Å². The standard InChI is InChI=1S/C16H34N2/c1-4-6-8-10-16(3)18-14-12-17(13-15-18)11-9-7-5-2/h16H,4-15H2,1-3H3. The lowest BCUT2D eigenvalue weighted by Gasteiger charge is -2.38. The van der Waals surface area contributed by atoms with Crippen molar-refractivity contribution in [2.24, 2.45) is 0 Å². The van der Waals surface area contributed by atoms with Gasteiger partial charge in [0.15, 0.2) is 0 Å². The van der Waals surface area contributed by atoms with Crippen molar-refractivity contribution in [3.8, 4) is 0 Å². The summed E-state index contributed by atoms with van der Waals surface area (Å²) in [5.41, 5.74) is 0.